The summed E-state index contributed by atoms with van der Waals surface area (Å²) in [4.78, 5) is 41.0. The summed E-state index contributed by atoms with van der Waals surface area (Å²) in [6, 6.07) is 16.5. The first kappa shape index (κ1) is 25.4. The number of rotatable bonds is 8. The molecule has 1 aromatic heterocycles. The van der Waals surface area contributed by atoms with E-state index in [1.165, 1.54) is 28.4 Å². The van der Waals surface area contributed by atoms with E-state index >= 15 is 0 Å². The number of nitrogens with zero attached hydrogens (tertiary/aromatic N) is 1. The summed E-state index contributed by atoms with van der Waals surface area (Å²) in [7, 11) is -3.50. The lowest BCUT2D eigenvalue weighted by Gasteiger charge is -2.39. The number of esters is 1. The van der Waals surface area contributed by atoms with Crippen LogP contribution in [-0.2, 0) is 19.6 Å². The van der Waals surface area contributed by atoms with E-state index in [0.717, 1.165) is 16.7 Å². The van der Waals surface area contributed by atoms with Crippen molar-refractivity contribution in [3.63, 3.8) is 0 Å². The van der Waals surface area contributed by atoms with Crippen LogP contribution in [0.3, 0.4) is 0 Å². The van der Waals surface area contributed by atoms with E-state index < -0.39 is 27.9 Å². The molecule has 188 valence electrons. The van der Waals surface area contributed by atoms with Crippen molar-refractivity contribution in [3.05, 3.63) is 71.8 Å². The molecule has 0 bridgehead atoms. The van der Waals surface area contributed by atoms with E-state index in [1.54, 1.807) is 25.1 Å². The number of anilines is 2. The van der Waals surface area contributed by atoms with E-state index in [-0.39, 0.29) is 29.3 Å². The number of hydrogen-bond donors (Lipinski definition) is 2. The number of nitrogens with one attached hydrogen (secondary N) is 2. The highest BCUT2D eigenvalue weighted by Gasteiger charge is 2.38. The molecule has 1 aliphatic heterocycles. The van der Waals surface area contributed by atoms with Gasteiger partial charge in [-0.15, -0.1) is 11.3 Å². The smallest absolute Gasteiger partial charge is 0.341 e. The standard InChI is InChI=1S/C25H25N3O6S2/c1-3-34-25(31)19-15-21(16-8-5-4-6-9-16)35-23(19)26-22(29)20-12-13-28(20)24(30)17-10-7-11-18(14-17)27-36(2,32)33/h4-11,14-15,20,27H,3,12-13H2,1-2H3,(H,26,29). The number of hydrogen-bond acceptors (Lipinski definition) is 7. The highest BCUT2D eigenvalue weighted by Crippen LogP contribution is 2.36. The van der Waals surface area contributed by atoms with Crippen molar-refractivity contribution in [2.45, 2.75) is 19.4 Å². The maximum Gasteiger partial charge on any atom is 0.341 e. The summed E-state index contributed by atoms with van der Waals surface area (Å²) in [5.74, 6) is -1.34. The fourth-order valence-corrected chi connectivity index (χ4v) is 5.39. The van der Waals surface area contributed by atoms with Gasteiger partial charge in [0, 0.05) is 22.7 Å². The Labute approximate surface area is 213 Å². The Hall–Kier alpha value is -3.70. The van der Waals surface area contributed by atoms with Gasteiger partial charge in [0.05, 0.1) is 18.4 Å². The minimum absolute atomic E-state index is 0.195. The maximum absolute atomic E-state index is 13.1. The molecule has 1 unspecified atom stereocenters. The summed E-state index contributed by atoms with van der Waals surface area (Å²) in [5, 5.41) is 3.17. The van der Waals surface area contributed by atoms with Crippen molar-refractivity contribution in [3.8, 4) is 10.4 Å². The van der Waals surface area contributed by atoms with Gasteiger partial charge in [0.2, 0.25) is 15.9 Å². The third-order valence-corrected chi connectivity index (χ3v) is 7.22. The lowest BCUT2D eigenvalue weighted by Crippen LogP contribution is -2.56. The van der Waals surface area contributed by atoms with Crippen LogP contribution in [0, 0.1) is 0 Å². The van der Waals surface area contributed by atoms with Crippen molar-refractivity contribution in [1.82, 2.24) is 4.90 Å². The third kappa shape index (κ3) is 5.74. The van der Waals surface area contributed by atoms with E-state index in [0.29, 0.717) is 18.0 Å². The fourth-order valence-electron chi connectivity index (χ4n) is 3.78. The van der Waals surface area contributed by atoms with Gasteiger partial charge in [0.15, 0.2) is 0 Å². The number of likely N-dealkylation sites (tertiary alicyclic amines) is 1. The van der Waals surface area contributed by atoms with Crippen LogP contribution in [0.25, 0.3) is 10.4 Å². The Morgan fingerprint density at radius 2 is 1.83 bits per heavy atom. The highest BCUT2D eigenvalue weighted by atomic mass is 32.2. The number of thiophene rings is 1. The van der Waals surface area contributed by atoms with Crippen LogP contribution in [0.1, 0.15) is 34.1 Å². The summed E-state index contributed by atoms with van der Waals surface area (Å²) in [6.07, 6.45) is 1.49. The molecule has 9 nitrogen and oxygen atoms in total. The van der Waals surface area contributed by atoms with E-state index in [4.69, 9.17) is 4.74 Å². The van der Waals surface area contributed by atoms with Crippen LogP contribution in [0.2, 0.25) is 0 Å². The molecule has 4 rings (SSSR count). The Morgan fingerprint density at radius 1 is 1.08 bits per heavy atom. The van der Waals surface area contributed by atoms with Crippen molar-refractivity contribution in [1.29, 1.82) is 0 Å². The molecule has 2 N–H and O–H groups in total. The van der Waals surface area contributed by atoms with Gasteiger partial charge in [-0.2, -0.15) is 0 Å². The maximum atomic E-state index is 13.1. The summed E-state index contributed by atoms with van der Waals surface area (Å²) < 4.78 is 30.5. The van der Waals surface area contributed by atoms with Crippen LogP contribution in [-0.4, -0.2) is 56.6 Å². The lowest BCUT2D eigenvalue weighted by atomic mass is 10.00. The Bertz CT molecular complexity index is 1400. The third-order valence-electron chi connectivity index (χ3n) is 5.52. The monoisotopic (exact) mass is 527 g/mol. The predicted octanol–water partition coefficient (Wildman–Crippen LogP) is 3.82. The molecule has 0 spiro atoms. The second-order valence-electron chi connectivity index (χ2n) is 8.19. The Kier molecular flexibility index (Phi) is 7.41. The quantitative estimate of drug-likeness (QED) is 0.430. The zero-order valence-corrected chi connectivity index (χ0v) is 21.3. The molecular formula is C25H25N3O6S2. The first-order chi connectivity index (χ1) is 17.2. The van der Waals surface area contributed by atoms with Gasteiger partial charge in [-0.1, -0.05) is 36.4 Å². The van der Waals surface area contributed by atoms with Crippen LogP contribution in [0.4, 0.5) is 10.7 Å². The van der Waals surface area contributed by atoms with Crippen LogP contribution >= 0.6 is 11.3 Å². The molecule has 0 aliphatic carbocycles. The van der Waals surface area contributed by atoms with Crippen molar-refractivity contribution >= 4 is 49.8 Å². The zero-order chi connectivity index (χ0) is 25.9. The average Bonchev–Trinajstić information content (AvgIpc) is 3.22. The first-order valence-electron chi connectivity index (χ1n) is 11.2. The number of carbonyl (C=O) groups excluding carboxylic acids is 3. The molecule has 2 aromatic carbocycles. The molecule has 1 atom stereocenters. The summed E-state index contributed by atoms with van der Waals surface area (Å²) in [5.41, 5.74) is 1.68. The molecule has 1 saturated heterocycles. The lowest BCUT2D eigenvalue weighted by molar-refractivity contribution is -0.123. The first-order valence-corrected chi connectivity index (χ1v) is 13.9. The zero-order valence-electron chi connectivity index (χ0n) is 19.7. The van der Waals surface area contributed by atoms with Crippen LogP contribution < -0.4 is 10.0 Å². The van der Waals surface area contributed by atoms with E-state index in [9.17, 15) is 22.8 Å². The second-order valence-corrected chi connectivity index (χ2v) is 11.0. The molecule has 2 amide bonds. The normalized spacial score (nSPS) is 15.1. The topological polar surface area (TPSA) is 122 Å². The molecule has 11 heteroatoms. The fraction of sp³-hybridized carbons (Fsp3) is 0.240. The molecule has 1 aliphatic rings. The molecule has 1 fully saturated rings. The Balaban J connectivity index is 1.53. The molecule has 36 heavy (non-hydrogen) atoms. The number of benzene rings is 2. The molecule has 0 saturated carbocycles. The van der Waals surface area contributed by atoms with Gasteiger partial charge in [0.1, 0.15) is 11.0 Å². The number of amides is 2. The van der Waals surface area contributed by atoms with Crippen molar-refractivity contribution < 1.29 is 27.5 Å². The van der Waals surface area contributed by atoms with Gasteiger partial charge >= 0.3 is 5.97 Å². The van der Waals surface area contributed by atoms with Crippen LogP contribution in [0.15, 0.2) is 60.7 Å². The van der Waals surface area contributed by atoms with Gasteiger partial charge < -0.3 is 15.0 Å². The molecule has 0 radical (unpaired) electrons. The minimum atomic E-state index is -3.50. The summed E-state index contributed by atoms with van der Waals surface area (Å²) in [6.45, 7) is 2.28. The average molecular weight is 528 g/mol. The van der Waals surface area contributed by atoms with Crippen molar-refractivity contribution in [2.24, 2.45) is 0 Å². The number of ether oxygens (including phenoxy) is 1. The predicted molar refractivity (Wildman–Crippen MR) is 139 cm³/mol. The highest BCUT2D eigenvalue weighted by molar-refractivity contribution is 7.92. The van der Waals surface area contributed by atoms with E-state index in [1.807, 2.05) is 30.3 Å². The van der Waals surface area contributed by atoms with Crippen LogP contribution in [0.5, 0.6) is 0 Å². The van der Waals surface area contributed by atoms with Gasteiger partial charge in [-0.3, -0.25) is 14.3 Å². The summed E-state index contributed by atoms with van der Waals surface area (Å²) >= 11 is 1.26. The van der Waals surface area contributed by atoms with Gasteiger partial charge in [-0.05, 0) is 43.2 Å². The second kappa shape index (κ2) is 10.5. The molecular weight excluding hydrogens is 502 g/mol. The van der Waals surface area contributed by atoms with Crippen molar-refractivity contribution in [2.75, 3.05) is 29.4 Å². The Morgan fingerprint density at radius 3 is 2.47 bits per heavy atom. The van der Waals surface area contributed by atoms with E-state index in [2.05, 4.69) is 10.0 Å². The largest absolute Gasteiger partial charge is 0.462 e. The SMILES string of the molecule is CCOC(=O)c1cc(-c2ccccc2)sc1NC(=O)C1CCN1C(=O)c1cccc(NS(C)(=O)=O)c1. The van der Waals surface area contributed by atoms with Gasteiger partial charge in [0.25, 0.3) is 5.91 Å². The molecule has 3 aromatic rings. The molecule has 2 heterocycles. The number of carbonyl (C=O) groups is 3. The van der Waals surface area contributed by atoms with Gasteiger partial charge in [-0.25, -0.2) is 13.2 Å². The number of sulfonamides is 1. The minimum Gasteiger partial charge on any atom is -0.462 e.